The summed E-state index contributed by atoms with van der Waals surface area (Å²) in [7, 11) is 0. The van der Waals surface area contributed by atoms with Crippen LogP contribution in [-0.2, 0) is 4.79 Å². The van der Waals surface area contributed by atoms with Crippen LogP contribution in [0.15, 0.2) is 47.1 Å². The molecule has 6 nitrogen and oxygen atoms in total. The number of pyridine rings is 1. The smallest absolute Gasteiger partial charge is 0.255 e. The summed E-state index contributed by atoms with van der Waals surface area (Å²) in [6.45, 7) is 7.36. The Hall–Kier alpha value is -2.41. The molecule has 160 valence electrons. The predicted molar refractivity (Wildman–Crippen MR) is 120 cm³/mol. The fraction of sp³-hybridized carbons (Fsp3) is 0.435. The van der Waals surface area contributed by atoms with Gasteiger partial charge in [0, 0.05) is 41.8 Å². The number of piperidine rings is 1. The van der Waals surface area contributed by atoms with Gasteiger partial charge in [0.05, 0.1) is 5.56 Å². The Morgan fingerprint density at radius 2 is 1.77 bits per heavy atom. The van der Waals surface area contributed by atoms with Crippen molar-refractivity contribution in [1.29, 1.82) is 0 Å². The van der Waals surface area contributed by atoms with E-state index >= 15 is 0 Å². The number of benzene rings is 1. The molecule has 2 aromatic rings. The van der Waals surface area contributed by atoms with Gasteiger partial charge in [-0.15, -0.1) is 0 Å². The van der Waals surface area contributed by atoms with Crippen LogP contribution in [-0.4, -0.2) is 40.8 Å². The van der Waals surface area contributed by atoms with E-state index in [1.165, 1.54) is 0 Å². The van der Waals surface area contributed by atoms with Crippen molar-refractivity contribution in [3.8, 4) is 11.6 Å². The molecule has 1 aromatic carbocycles. The van der Waals surface area contributed by atoms with Crippen molar-refractivity contribution < 1.29 is 14.3 Å². The van der Waals surface area contributed by atoms with Crippen LogP contribution in [0.3, 0.4) is 0 Å². The highest BCUT2D eigenvalue weighted by Crippen LogP contribution is 2.23. The van der Waals surface area contributed by atoms with Crippen LogP contribution >= 0.6 is 15.9 Å². The number of likely N-dealkylation sites (tertiary alicyclic amines) is 1. The van der Waals surface area contributed by atoms with Gasteiger partial charge in [0.15, 0.2) is 0 Å². The maximum Gasteiger partial charge on any atom is 0.255 e. The van der Waals surface area contributed by atoms with Crippen LogP contribution in [0.4, 0.5) is 0 Å². The van der Waals surface area contributed by atoms with Crippen molar-refractivity contribution in [2.45, 2.75) is 39.7 Å². The van der Waals surface area contributed by atoms with E-state index in [4.69, 9.17) is 4.74 Å². The molecule has 0 aliphatic carbocycles. The number of nitrogens with zero attached hydrogens (tertiary/aromatic N) is 2. The molecule has 3 rings (SSSR count). The summed E-state index contributed by atoms with van der Waals surface area (Å²) in [6, 6.07) is 11.0. The fourth-order valence-corrected chi connectivity index (χ4v) is 3.49. The van der Waals surface area contributed by atoms with Crippen molar-refractivity contribution in [3.63, 3.8) is 0 Å². The monoisotopic (exact) mass is 473 g/mol. The summed E-state index contributed by atoms with van der Waals surface area (Å²) in [6.07, 6.45) is 2.90. The molecule has 0 saturated carbocycles. The first kappa shape index (κ1) is 22.3. The molecular formula is C23H28BrN3O3. The third-order valence-corrected chi connectivity index (χ3v) is 6.07. The molecule has 30 heavy (non-hydrogen) atoms. The van der Waals surface area contributed by atoms with E-state index in [-0.39, 0.29) is 23.8 Å². The molecular weight excluding hydrogens is 446 g/mol. The van der Waals surface area contributed by atoms with Crippen molar-refractivity contribution >= 4 is 27.7 Å². The number of ether oxygens (including phenoxy) is 1. The molecule has 1 atom stereocenters. The number of aromatic nitrogens is 1. The Morgan fingerprint density at radius 1 is 1.10 bits per heavy atom. The zero-order valence-electron chi connectivity index (χ0n) is 17.6. The van der Waals surface area contributed by atoms with Crippen molar-refractivity contribution in [2.75, 3.05) is 13.1 Å². The Morgan fingerprint density at radius 3 is 2.33 bits per heavy atom. The van der Waals surface area contributed by atoms with Crippen LogP contribution in [0.2, 0.25) is 0 Å². The number of carbonyl (C=O) groups excluding carboxylic acids is 2. The molecule has 1 unspecified atom stereocenters. The SMILES string of the molecule is CC(C)C(C)NC(=O)C1CCN(C(=O)c2ccc(Oc3ccc(Br)cc3)nc2)CC1. The number of halogens is 1. The van der Waals surface area contributed by atoms with Gasteiger partial charge in [0.2, 0.25) is 11.8 Å². The summed E-state index contributed by atoms with van der Waals surface area (Å²) in [5.41, 5.74) is 0.523. The number of hydrogen-bond donors (Lipinski definition) is 1. The highest BCUT2D eigenvalue weighted by atomic mass is 79.9. The normalized spacial score (nSPS) is 15.7. The lowest BCUT2D eigenvalue weighted by Crippen LogP contribution is -2.45. The predicted octanol–water partition coefficient (Wildman–Crippen LogP) is 4.65. The summed E-state index contributed by atoms with van der Waals surface area (Å²) in [4.78, 5) is 31.3. The summed E-state index contributed by atoms with van der Waals surface area (Å²) < 4.78 is 6.67. The Balaban J connectivity index is 1.52. The third kappa shape index (κ3) is 5.81. The van der Waals surface area contributed by atoms with E-state index in [0.29, 0.717) is 49.0 Å². The van der Waals surface area contributed by atoms with Crippen LogP contribution < -0.4 is 10.1 Å². The highest BCUT2D eigenvalue weighted by molar-refractivity contribution is 9.10. The van der Waals surface area contributed by atoms with Crippen LogP contribution in [0.1, 0.15) is 44.0 Å². The lowest BCUT2D eigenvalue weighted by molar-refractivity contribution is -0.127. The topological polar surface area (TPSA) is 71.5 Å². The van der Waals surface area contributed by atoms with E-state index in [9.17, 15) is 9.59 Å². The molecule has 2 amide bonds. The lowest BCUT2D eigenvalue weighted by atomic mass is 9.94. The average Bonchev–Trinajstić information content (AvgIpc) is 2.75. The average molecular weight is 474 g/mol. The first-order valence-corrected chi connectivity index (χ1v) is 11.1. The maximum absolute atomic E-state index is 12.8. The van der Waals surface area contributed by atoms with Gasteiger partial charge in [-0.3, -0.25) is 9.59 Å². The standard InChI is InChI=1S/C23H28BrN3O3/c1-15(2)16(3)26-22(28)17-10-12-27(13-11-17)23(29)18-4-9-21(25-14-18)30-20-7-5-19(24)6-8-20/h4-9,14-17H,10-13H2,1-3H3,(H,26,28). The molecule has 1 fully saturated rings. The molecule has 0 bridgehead atoms. The van der Waals surface area contributed by atoms with Crippen molar-refractivity contribution in [1.82, 2.24) is 15.2 Å². The van der Waals surface area contributed by atoms with Gasteiger partial charge in [-0.25, -0.2) is 4.98 Å². The number of hydrogen-bond acceptors (Lipinski definition) is 4. The Kier molecular flexibility index (Phi) is 7.48. The van der Waals surface area contributed by atoms with Gasteiger partial charge in [-0.2, -0.15) is 0 Å². The van der Waals surface area contributed by atoms with Crippen molar-refractivity contribution in [3.05, 3.63) is 52.6 Å². The second-order valence-electron chi connectivity index (χ2n) is 8.05. The molecule has 1 aromatic heterocycles. The quantitative estimate of drug-likeness (QED) is 0.662. The van der Waals surface area contributed by atoms with Gasteiger partial charge in [0.1, 0.15) is 5.75 Å². The van der Waals surface area contributed by atoms with Crippen LogP contribution in [0, 0.1) is 11.8 Å². The summed E-state index contributed by atoms with van der Waals surface area (Å²) in [5.74, 6) is 1.51. The van der Waals surface area contributed by atoms with Gasteiger partial charge < -0.3 is 15.0 Å². The Labute approximate surface area is 186 Å². The van der Waals surface area contributed by atoms with Crippen LogP contribution in [0.5, 0.6) is 11.6 Å². The first-order chi connectivity index (χ1) is 14.3. The lowest BCUT2D eigenvalue weighted by Gasteiger charge is -2.32. The van der Waals surface area contributed by atoms with Gasteiger partial charge in [-0.1, -0.05) is 29.8 Å². The third-order valence-electron chi connectivity index (χ3n) is 5.54. The van der Waals surface area contributed by atoms with Gasteiger partial charge in [0.25, 0.3) is 5.91 Å². The maximum atomic E-state index is 12.8. The minimum Gasteiger partial charge on any atom is -0.439 e. The molecule has 2 heterocycles. The molecule has 1 aliphatic rings. The molecule has 0 spiro atoms. The number of amides is 2. The fourth-order valence-electron chi connectivity index (χ4n) is 3.23. The zero-order chi connectivity index (χ0) is 21.7. The summed E-state index contributed by atoms with van der Waals surface area (Å²) in [5, 5.41) is 3.09. The van der Waals surface area contributed by atoms with Gasteiger partial charge in [-0.05, 0) is 56.0 Å². The molecule has 0 radical (unpaired) electrons. The Bertz CT molecular complexity index is 860. The number of rotatable bonds is 6. The minimum absolute atomic E-state index is 0.0324. The molecule has 1 aliphatic heterocycles. The van der Waals surface area contributed by atoms with E-state index in [1.807, 2.05) is 31.2 Å². The minimum atomic E-state index is -0.0629. The van der Waals surface area contributed by atoms with Crippen molar-refractivity contribution in [2.24, 2.45) is 11.8 Å². The van der Waals surface area contributed by atoms with Crippen LogP contribution in [0.25, 0.3) is 0 Å². The second-order valence-corrected chi connectivity index (χ2v) is 8.96. The molecule has 7 heteroatoms. The van der Waals surface area contributed by atoms with E-state index in [0.717, 1.165) is 4.47 Å². The second kappa shape index (κ2) is 10.1. The summed E-state index contributed by atoms with van der Waals surface area (Å²) >= 11 is 3.39. The highest BCUT2D eigenvalue weighted by Gasteiger charge is 2.28. The van der Waals surface area contributed by atoms with Gasteiger partial charge >= 0.3 is 0 Å². The zero-order valence-corrected chi connectivity index (χ0v) is 19.2. The molecule has 1 saturated heterocycles. The van der Waals surface area contributed by atoms with E-state index < -0.39 is 0 Å². The largest absolute Gasteiger partial charge is 0.439 e. The number of nitrogens with one attached hydrogen (secondary N) is 1. The van der Waals surface area contributed by atoms with E-state index in [2.05, 4.69) is 40.1 Å². The molecule has 1 N–H and O–H groups in total. The first-order valence-electron chi connectivity index (χ1n) is 10.3. The van der Waals surface area contributed by atoms with E-state index in [1.54, 1.807) is 23.2 Å². The number of carbonyl (C=O) groups is 2.